The Morgan fingerprint density at radius 1 is 1.43 bits per heavy atom. The maximum atomic E-state index is 10.8. The van der Waals surface area contributed by atoms with Crippen LogP contribution in [0.3, 0.4) is 0 Å². The van der Waals surface area contributed by atoms with Gasteiger partial charge in [-0.3, -0.25) is 20.3 Å². The van der Waals surface area contributed by atoms with Gasteiger partial charge in [-0.15, -0.1) is 5.10 Å². The van der Waals surface area contributed by atoms with Gasteiger partial charge in [0.1, 0.15) is 0 Å². The van der Waals surface area contributed by atoms with Gasteiger partial charge in [0.25, 0.3) is 0 Å². The highest BCUT2D eigenvalue weighted by molar-refractivity contribution is 7.71. The molecule has 7 nitrogen and oxygen atoms in total. The van der Waals surface area contributed by atoms with Crippen molar-refractivity contribution in [1.82, 2.24) is 14.9 Å². The summed E-state index contributed by atoms with van der Waals surface area (Å²) < 4.78 is 1.38. The monoisotopic (exact) mass is 215 g/mol. The van der Waals surface area contributed by atoms with Gasteiger partial charge in [-0.2, -0.15) is 4.68 Å². The van der Waals surface area contributed by atoms with Crippen molar-refractivity contribution in [3.63, 3.8) is 0 Å². The molecular weight excluding hydrogens is 206 g/mol. The molecule has 76 valence electrons. The smallest absolute Gasteiger partial charge is 0.249 e. The van der Waals surface area contributed by atoms with Crippen molar-refractivity contribution in [3.05, 3.63) is 4.77 Å². The molecule has 0 atom stereocenters. The molecule has 3 N–H and O–H groups in total. The van der Waals surface area contributed by atoms with Gasteiger partial charge >= 0.3 is 0 Å². The zero-order chi connectivity index (χ0) is 10.7. The van der Waals surface area contributed by atoms with Crippen molar-refractivity contribution in [2.24, 2.45) is 0 Å². The molecule has 0 spiro atoms. The van der Waals surface area contributed by atoms with E-state index in [4.69, 9.17) is 12.2 Å². The van der Waals surface area contributed by atoms with E-state index < -0.39 is 0 Å². The fourth-order valence-electron chi connectivity index (χ4n) is 0.799. The SMILES string of the molecule is CC(=O)Nc1n[nH]c(=S)n1NC(C)=O. The van der Waals surface area contributed by atoms with Gasteiger partial charge in [-0.05, 0) is 12.2 Å². The first-order chi connectivity index (χ1) is 6.50. The molecule has 0 unspecified atom stereocenters. The van der Waals surface area contributed by atoms with E-state index in [2.05, 4.69) is 20.9 Å². The highest BCUT2D eigenvalue weighted by Crippen LogP contribution is 2.00. The molecule has 0 aliphatic carbocycles. The molecule has 1 aromatic heterocycles. The van der Waals surface area contributed by atoms with E-state index in [1.165, 1.54) is 18.5 Å². The van der Waals surface area contributed by atoms with Gasteiger partial charge in [-0.1, -0.05) is 0 Å². The minimum absolute atomic E-state index is 0.151. The van der Waals surface area contributed by atoms with Crippen LogP contribution in [-0.2, 0) is 9.59 Å². The lowest BCUT2D eigenvalue weighted by molar-refractivity contribution is -0.115. The lowest BCUT2D eigenvalue weighted by Gasteiger charge is -2.05. The van der Waals surface area contributed by atoms with Gasteiger partial charge in [0.15, 0.2) is 0 Å². The Morgan fingerprint density at radius 3 is 2.57 bits per heavy atom. The Labute approximate surface area is 84.5 Å². The lowest BCUT2D eigenvalue weighted by Crippen LogP contribution is -2.23. The van der Waals surface area contributed by atoms with Crippen LogP contribution < -0.4 is 10.7 Å². The third kappa shape index (κ3) is 2.39. The molecule has 0 radical (unpaired) electrons. The van der Waals surface area contributed by atoms with Crippen LogP contribution in [0.25, 0.3) is 0 Å². The van der Waals surface area contributed by atoms with Gasteiger partial charge < -0.3 is 0 Å². The zero-order valence-corrected chi connectivity index (χ0v) is 8.44. The third-order valence-electron chi connectivity index (χ3n) is 1.23. The topological polar surface area (TPSA) is 91.8 Å². The molecule has 2 amide bonds. The second-order valence-electron chi connectivity index (χ2n) is 2.54. The number of H-pyrrole nitrogens is 1. The van der Waals surface area contributed by atoms with Crippen LogP contribution in [-0.4, -0.2) is 26.7 Å². The van der Waals surface area contributed by atoms with Crippen LogP contribution in [0.2, 0.25) is 0 Å². The van der Waals surface area contributed by atoms with E-state index >= 15 is 0 Å². The zero-order valence-electron chi connectivity index (χ0n) is 7.62. The second kappa shape index (κ2) is 4.01. The Hall–Kier alpha value is -1.70. The minimum atomic E-state index is -0.311. The van der Waals surface area contributed by atoms with Crippen molar-refractivity contribution in [3.8, 4) is 0 Å². The van der Waals surface area contributed by atoms with E-state index in [1.807, 2.05) is 0 Å². The summed E-state index contributed by atoms with van der Waals surface area (Å²) in [5, 5.41) is 8.54. The molecule has 14 heavy (non-hydrogen) atoms. The summed E-state index contributed by atoms with van der Waals surface area (Å²) in [5.74, 6) is -0.461. The quantitative estimate of drug-likeness (QED) is 0.605. The van der Waals surface area contributed by atoms with Crippen molar-refractivity contribution >= 4 is 30.0 Å². The molecule has 0 aliphatic heterocycles. The summed E-state index contributed by atoms with van der Waals surface area (Å²) in [7, 11) is 0. The maximum absolute atomic E-state index is 10.8. The molecule has 8 heteroatoms. The first-order valence-corrected chi connectivity index (χ1v) is 4.14. The Morgan fingerprint density at radius 2 is 2.07 bits per heavy atom. The number of hydrogen-bond donors (Lipinski definition) is 3. The lowest BCUT2D eigenvalue weighted by atomic mass is 10.7. The third-order valence-corrected chi connectivity index (χ3v) is 1.50. The molecular formula is C6H9N5O2S. The number of aromatic nitrogens is 3. The highest BCUT2D eigenvalue weighted by Gasteiger charge is 2.07. The van der Waals surface area contributed by atoms with Gasteiger partial charge in [0, 0.05) is 13.8 Å². The number of amides is 2. The first kappa shape index (κ1) is 10.4. The van der Waals surface area contributed by atoms with Gasteiger partial charge in [0.2, 0.25) is 22.5 Å². The molecule has 0 aliphatic rings. The van der Waals surface area contributed by atoms with E-state index in [1.54, 1.807) is 0 Å². The molecule has 1 heterocycles. The molecule has 1 rings (SSSR count). The number of nitrogens with zero attached hydrogens (tertiary/aromatic N) is 2. The predicted octanol–water partition coefficient (Wildman–Crippen LogP) is -0.0109. The van der Waals surface area contributed by atoms with E-state index in [9.17, 15) is 9.59 Å². The molecule has 0 saturated carbocycles. The van der Waals surface area contributed by atoms with Crippen molar-refractivity contribution in [2.75, 3.05) is 10.7 Å². The van der Waals surface area contributed by atoms with Gasteiger partial charge in [-0.25, -0.2) is 5.10 Å². The van der Waals surface area contributed by atoms with Crippen molar-refractivity contribution < 1.29 is 9.59 Å². The molecule has 0 fully saturated rings. The van der Waals surface area contributed by atoms with Crippen LogP contribution in [0.5, 0.6) is 0 Å². The van der Waals surface area contributed by atoms with Crippen LogP contribution in [0.15, 0.2) is 0 Å². The van der Waals surface area contributed by atoms with Crippen molar-refractivity contribution in [1.29, 1.82) is 0 Å². The average Bonchev–Trinajstić information content (AvgIpc) is 2.34. The molecule has 0 bridgehead atoms. The number of anilines is 1. The van der Waals surface area contributed by atoms with Crippen molar-refractivity contribution in [2.45, 2.75) is 13.8 Å². The summed E-state index contributed by atoms with van der Waals surface area (Å²) in [6, 6.07) is 0. The summed E-state index contributed by atoms with van der Waals surface area (Å²) in [6.45, 7) is 2.65. The number of aromatic amines is 1. The largest absolute Gasteiger partial charge is 0.293 e. The molecule has 0 aromatic carbocycles. The number of rotatable bonds is 2. The summed E-state index contributed by atoms with van der Waals surface area (Å²) in [6.07, 6.45) is 0. The molecule has 0 saturated heterocycles. The molecule has 1 aromatic rings. The number of carbonyl (C=O) groups excluding carboxylic acids is 2. The summed E-state index contributed by atoms with van der Waals surface area (Å²) >= 11 is 4.82. The average molecular weight is 215 g/mol. The highest BCUT2D eigenvalue weighted by atomic mass is 32.1. The number of hydrogen-bond acceptors (Lipinski definition) is 4. The van der Waals surface area contributed by atoms with Crippen LogP contribution in [0.1, 0.15) is 13.8 Å². The standard InChI is InChI=1S/C6H9N5O2S/c1-3(12)7-5-8-9-6(14)11(5)10-4(2)13/h1-2H3,(H,9,14)(H,10,13)(H,7,8,12). The first-order valence-electron chi connectivity index (χ1n) is 3.73. The second-order valence-corrected chi connectivity index (χ2v) is 2.92. The minimum Gasteiger partial charge on any atom is -0.293 e. The number of carbonyl (C=O) groups is 2. The Kier molecular flexibility index (Phi) is 2.97. The Bertz CT molecular complexity index is 420. The maximum Gasteiger partial charge on any atom is 0.249 e. The Balaban J connectivity index is 2.99. The predicted molar refractivity (Wildman–Crippen MR) is 51.8 cm³/mol. The normalized spacial score (nSPS) is 9.57. The fraction of sp³-hybridized carbons (Fsp3) is 0.333. The summed E-state index contributed by atoms with van der Waals surface area (Å²) in [5.41, 5.74) is 2.39. The fourth-order valence-corrected chi connectivity index (χ4v) is 0.977. The van der Waals surface area contributed by atoms with E-state index in [-0.39, 0.29) is 22.5 Å². The van der Waals surface area contributed by atoms with E-state index in [0.717, 1.165) is 0 Å². The van der Waals surface area contributed by atoms with Crippen LogP contribution in [0, 0.1) is 4.77 Å². The van der Waals surface area contributed by atoms with Crippen LogP contribution in [0.4, 0.5) is 5.95 Å². The van der Waals surface area contributed by atoms with Gasteiger partial charge in [0.05, 0.1) is 0 Å². The summed E-state index contributed by atoms with van der Waals surface area (Å²) in [4.78, 5) is 21.5. The van der Waals surface area contributed by atoms with Crippen LogP contribution >= 0.6 is 12.2 Å². The van der Waals surface area contributed by atoms with E-state index in [0.29, 0.717) is 0 Å². The number of nitrogens with one attached hydrogen (secondary N) is 3.